The molecule has 0 bridgehead atoms. The van der Waals surface area contributed by atoms with Gasteiger partial charge in [0.05, 0.1) is 19.1 Å². The van der Waals surface area contributed by atoms with Gasteiger partial charge in [-0.1, -0.05) is 37.3 Å². The lowest BCUT2D eigenvalue weighted by Crippen LogP contribution is -2.49. The van der Waals surface area contributed by atoms with Crippen LogP contribution in [0.3, 0.4) is 0 Å². The molecule has 0 fully saturated rings. The van der Waals surface area contributed by atoms with Crippen molar-refractivity contribution in [2.45, 2.75) is 52.1 Å². The molecule has 0 radical (unpaired) electrons. The van der Waals surface area contributed by atoms with Crippen molar-refractivity contribution in [1.82, 2.24) is 10.6 Å². The van der Waals surface area contributed by atoms with Crippen molar-refractivity contribution in [2.75, 3.05) is 6.61 Å². The van der Waals surface area contributed by atoms with Crippen LogP contribution in [0, 0.1) is 5.92 Å². The van der Waals surface area contributed by atoms with E-state index in [0.717, 1.165) is 5.56 Å². The van der Waals surface area contributed by atoms with Gasteiger partial charge in [0.1, 0.15) is 6.04 Å². The summed E-state index contributed by atoms with van der Waals surface area (Å²) in [5.74, 6) is -2.49. The van der Waals surface area contributed by atoms with Gasteiger partial charge >= 0.3 is 5.97 Å². The predicted molar refractivity (Wildman–Crippen MR) is 104 cm³/mol. The highest BCUT2D eigenvalue weighted by molar-refractivity contribution is 5.89. The van der Waals surface area contributed by atoms with Crippen LogP contribution in [0.25, 0.3) is 0 Å². The largest absolute Gasteiger partial charge is 0.466 e. The highest BCUT2D eigenvalue weighted by Crippen LogP contribution is 2.12. The molecule has 3 amide bonds. The first-order chi connectivity index (χ1) is 13.2. The quantitative estimate of drug-likeness (QED) is 0.489. The highest BCUT2D eigenvalue weighted by Gasteiger charge is 2.27. The third kappa shape index (κ3) is 8.20. The van der Waals surface area contributed by atoms with E-state index in [2.05, 4.69) is 10.6 Å². The average molecular weight is 391 g/mol. The van der Waals surface area contributed by atoms with E-state index in [9.17, 15) is 19.2 Å². The Morgan fingerprint density at radius 3 is 2.11 bits per heavy atom. The molecule has 0 heterocycles. The van der Waals surface area contributed by atoms with Gasteiger partial charge in [-0.05, 0) is 25.3 Å². The molecule has 0 aliphatic rings. The minimum absolute atomic E-state index is 0.0270. The van der Waals surface area contributed by atoms with E-state index in [1.54, 1.807) is 13.8 Å². The van der Waals surface area contributed by atoms with Crippen LogP contribution in [0.2, 0.25) is 0 Å². The molecule has 8 nitrogen and oxygen atoms in total. The summed E-state index contributed by atoms with van der Waals surface area (Å²) in [7, 11) is 0. The van der Waals surface area contributed by atoms with Crippen molar-refractivity contribution < 1.29 is 23.9 Å². The molecular formula is C20H29N3O5. The molecule has 4 N–H and O–H groups in total. The number of esters is 1. The van der Waals surface area contributed by atoms with Crippen LogP contribution in [0.4, 0.5) is 0 Å². The van der Waals surface area contributed by atoms with Gasteiger partial charge in [0.15, 0.2) is 0 Å². The maximum Gasteiger partial charge on any atom is 0.306 e. The van der Waals surface area contributed by atoms with Gasteiger partial charge in [0.2, 0.25) is 17.7 Å². The number of rotatable bonds is 11. The molecule has 28 heavy (non-hydrogen) atoms. The van der Waals surface area contributed by atoms with Gasteiger partial charge in [-0.2, -0.15) is 0 Å². The molecule has 1 rings (SSSR count). The fourth-order valence-electron chi connectivity index (χ4n) is 2.71. The molecular weight excluding hydrogens is 362 g/mol. The number of nitrogens with one attached hydrogen (secondary N) is 2. The second-order valence-corrected chi connectivity index (χ2v) is 6.63. The molecule has 0 saturated carbocycles. The first-order valence-corrected chi connectivity index (χ1v) is 9.33. The third-order valence-electron chi connectivity index (χ3n) is 4.24. The van der Waals surface area contributed by atoms with Crippen molar-refractivity contribution >= 4 is 23.7 Å². The number of hydrogen-bond donors (Lipinski definition) is 3. The van der Waals surface area contributed by atoms with Crippen LogP contribution in [0.15, 0.2) is 30.3 Å². The van der Waals surface area contributed by atoms with Crippen LogP contribution in [0.5, 0.6) is 0 Å². The SMILES string of the molecule is CCOC(=O)C[C@H](C)[C@H](NC(=O)CCC(=O)N[C@H](C)c1ccccc1)C(N)=O. The number of hydrogen-bond acceptors (Lipinski definition) is 5. The zero-order valence-electron chi connectivity index (χ0n) is 16.6. The van der Waals surface area contributed by atoms with Gasteiger partial charge < -0.3 is 21.1 Å². The summed E-state index contributed by atoms with van der Waals surface area (Å²) in [6.45, 7) is 5.39. The van der Waals surface area contributed by atoms with Crippen LogP contribution < -0.4 is 16.4 Å². The first kappa shape index (κ1) is 23.1. The molecule has 0 unspecified atom stereocenters. The van der Waals surface area contributed by atoms with Crippen LogP contribution >= 0.6 is 0 Å². The van der Waals surface area contributed by atoms with Crippen molar-refractivity contribution in [3.8, 4) is 0 Å². The summed E-state index contributed by atoms with van der Waals surface area (Å²) >= 11 is 0. The molecule has 3 atom stereocenters. The summed E-state index contributed by atoms with van der Waals surface area (Å²) in [5.41, 5.74) is 6.30. The van der Waals surface area contributed by atoms with E-state index in [0.29, 0.717) is 0 Å². The number of benzene rings is 1. The average Bonchev–Trinajstić information content (AvgIpc) is 2.64. The monoisotopic (exact) mass is 391 g/mol. The van der Waals surface area contributed by atoms with Crippen molar-refractivity contribution in [2.24, 2.45) is 11.7 Å². The second-order valence-electron chi connectivity index (χ2n) is 6.63. The van der Waals surface area contributed by atoms with E-state index in [4.69, 9.17) is 10.5 Å². The third-order valence-corrected chi connectivity index (χ3v) is 4.24. The Labute approximate surface area is 165 Å². The summed E-state index contributed by atoms with van der Waals surface area (Å²) < 4.78 is 4.84. The molecule has 0 aliphatic heterocycles. The standard InChI is InChI=1S/C20H29N3O5/c1-4-28-18(26)12-13(2)19(20(21)27)23-17(25)11-10-16(24)22-14(3)15-8-6-5-7-9-15/h5-9,13-14,19H,4,10-12H2,1-3H3,(H2,21,27)(H,22,24)(H,23,25)/t13-,14+,19-/m0/s1. The maximum absolute atomic E-state index is 12.1. The fraction of sp³-hybridized carbons (Fsp3) is 0.500. The Kier molecular flexibility index (Phi) is 9.70. The summed E-state index contributed by atoms with van der Waals surface area (Å²) in [6.07, 6.45) is -0.166. The zero-order valence-corrected chi connectivity index (χ0v) is 16.6. The Morgan fingerprint density at radius 2 is 1.57 bits per heavy atom. The van der Waals surface area contributed by atoms with Gasteiger partial charge in [-0.15, -0.1) is 0 Å². The molecule has 0 aliphatic carbocycles. The van der Waals surface area contributed by atoms with Gasteiger partial charge in [-0.3, -0.25) is 19.2 Å². The molecule has 0 spiro atoms. The number of carbonyl (C=O) groups is 4. The van der Waals surface area contributed by atoms with Crippen molar-refractivity contribution in [3.63, 3.8) is 0 Å². The summed E-state index contributed by atoms with van der Waals surface area (Å²) in [6, 6.07) is 8.27. The normalized spacial score (nSPS) is 13.7. The van der Waals surface area contributed by atoms with E-state index < -0.39 is 29.7 Å². The lowest BCUT2D eigenvalue weighted by molar-refractivity contribution is -0.144. The van der Waals surface area contributed by atoms with Crippen molar-refractivity contribution in [3.05, 3.63) is 35.9 Å². The summed E-state index contributed by atoms with van der Waals surface area (Å²) in [4.78, 5) is 47.4. The van der Waals surface area contributed by atoms with E-state index in [-0.39, 0.29) is 37.8 Å². The minimum atomic E-state index is -1.01. The maximum atomic E-state index is 12.1. The summed E-state index contributed by atoms with van der Waals surface area (Å²) in [5, 5.41) is 5.32. The predicted octanol–water partition coefficient (Wildman–Crippen LogP) is 1.20. The Balaban J connectivity index is 2.48. The highest BCUT2D eigenvalue weighted by atomic mass is 16.5. The smallest absolute Gasteiger partial charge is 0.306 e. The molecule has 1 aromatic rings. The molecule has 0 aromatic heterocycles. The van der Waals surface area contributed by atoms with Crippen LogP contribution in [-0.4, -0.2) is 36.3 Å². The minimum Gasteiger partial charge on any atom is -0.466 e. The lowest BCUT2D eigenvalue weighted by Gasteiger charge is -2.21. The number of amides is 3. The number of nitrogens with two attached hydrogens (primary N) is 1. The number of ether oxygens (including phenoxy) is 1. The number of primary amides is 1. The van der Waals surface area contributed by atoms with Crippen molar-refractivity contribution in [1.29, 1.82) is 0 Å². The molecule has 0 saturated heterocycles. The Bertz CT molecular complexity index is 678. The molecule has 154 valence electrons. The van der Waals surface area contributed by atoms with E-state index in [1.165, 1.54) is 0 Å². The Morgan fingerprint density at radius 1 is 1.00 bits per heavy atom. The van der Waals surface area contributed by atoms with E-state index in [1.807, 2.05) is 37.3 Å². The van der Waals surface area contributed by atoms with Crippen LogP contribution in [-0.2, 0) is 23.9 Å². The number of carbonyl (C=O) groups excluding carboxylic acids is 4. The van der Waals surface area contributed by atoms with Crippen LogP contribution in [0.1, 0.15) is 51.6 Å². The Hall–Kier alpha value is -2.90. The molecule has 1 aromatic carbocycles. The van der Waals surface area contributed by atoms with Gasteiger partial charge in [0.25, 0.3) is 0 Å². The zero-order chi connectivity index (χ0) is 21.1. The lowest BCUT2D eigenvalue weighted by atomic mass is 9.97. The molecule has 8 heteroatoms. The van der Waals surface area contributed by atoms with Gasteiger partial charge in [-0.25, -0.2) is 0 Å². The van der Waals surface area contributed by atoms with Gasteiger partial charge in [0, 0.05) is 12.8 Å². The topological polar surface area (TPSA) is 128 Å². The second kappa shape index (κ2) is 11.7. The van der Waals surface area contributed by atoms with E-state index >= 15 is 0 Å². The fourth-order valence-corrected chi connectivity index (χ4v) is 2.71. The first-order valence-electron chi connectivity index (χ1n) is 9.33.